The molecule has 4 N–H and O–H groups in total. The predicted octanol–water partition coefficient (Wildman–Crippen LogP) is 4.25. The molecule has 6 rings (SSSR count). The van der Waals surface area contributed by atoms with E-state index in [9.17, 15) is 14.4 Å². The molecule has 0 spiro atoms. The van der Waals surface area contributed by atoms with Crippen molar-refractivity contribution in [3.63, 3.8) is 0 Å². The van der Waals surface area contributed by atoms with Crippen LogP contribution in [0.5, 0.6) is 0 Å². The van der Waals surface area contributed by atoms with Crippen molar-refractivity contribution < 1.29 is 14.4 Å². The van der Waals surface area contributed by atoms with Crippen LogP contribution in [0.4, 0.5) is 5.69 Å². The normalized spacial score (nSPS) is 16.7. The molecule has 1 aromatic carbocycles. The van der Waals surface area contributed by atoms with Gasteiger partial charge in [0.2, 0.25) is 5.91 Å². The first-order valence-corrected chi connectivity index (χ1v) is 13.8. The van der Waals surface area contributed by atoms with E-state index in [0.29, 0.717) is 30.0 Å². The molecular weight excluding hydrogens is 506 g/mol. The quantitative estimate of drug-likeness (QED) is 0.321. The zero-order chi connectivity index (χ0) is 27.7. The Morgan fingerprint density at radius 3 is 2.42 bits per heavy atom. The van der Waals surface area contributed by atoms with Gasteiger partial charge in [-0.3, -0.25) is 14.4 Å². The molecule has 2 fully saturated rings. The van der Waals surface area contributed by atoms with Crippen molar-refractivity contribution in [2.45, 2.75) is 62.8 Å². The maximum atomic E-state index is 13.4. The maximum absolute atomic E-state index is 13.4. The van der Waals surface area contributed by atoms with Gasteiger partial charge in [-0.15, -0.1) is 0 Å². The molecule has 204 valence electrons. The van der Waals surface area contributed by atoms with E-state index in [2.05, 4.69) is 20.6 Å². The van der Waals surface area contributed by atoms with Gasteiger partial charge in [0.1, 0.15) is 11.2 Å². The summed E-state index contributed by atoms with van der Waals surface area (Å²) in [6, 6.07) is 14.4. The van der Waals surface area contributed by atoms with E-state index >= 15 is 0 Å². The summed E-state index contributed by atoms with van der Waals surface area (Å²) >= 11 is 0. The molecule has 0 saturated heterocycles. The van der Waals surface area contributed by atoms with Crippen LogP contribution in [0.2, 0.25) is 0 Å². The zero-order valence-electron chi connectivity index (χ0n) is 22.1. The van der Waals surface area contributed by atoms with Crippen molar-refractivity contribution in [2.24, 2.45) is 5.73 Å². The minimum Gasteiger partial charge on any atom is -0.364 e. The van der Waals surface area contributed by atoms with Crippen LogP contribution < -0.4 is 16.4 Å². The van der Waals surface area contributed by atoms with E-state index in [1.807, 2.05) is 35.0 Å². The highest BCUT2D eigenvalue weighted by Gasteiger charge is 2.45. The van der Waals surface area contributed by atoms with Crippen LogP contribution in [0.25, 0.3) is 16.7 Å². The van der Waals surface area contributed by atoms with E-state index in [-0.39, 0.29) is 17.5 Å². The van der Waals surface area contributed by atoms with Crippen LogP contribution in [0, 0.1) is 0 Å². The number of fused-ring (bicyclic) bond motifs is 1. The summed E-state index contributed by atoms with van der Waals surface area (Å²) in [7, 11) is 0. The number of nitrogens with zero attached hydrogens (tertiary/aromatic N) is 4. The number of benzene rings is 1. The number of nitrogens with two attached hydrogens (primary N) is 1. The fourth-order valence-electron chi connectivity index (χ4n) is 5.76. The van der Waals surface area contributed by atoms with Crippen LogP contribution in [-0.2, 0) is 4.79 Å². The third-order valence-electron chi connectivity index (χ3n) is 8.10. The number of rotatable bonds is 7. The largest absolute Gasteiger partial charge is 0.364 e. The van der Waals surface area contributed by atoms with Crippen molar-refractivity contribution >= 4 is 34.3 Å². The minimum absolute atomic E-state index is 0.109. The van der Waals surface area contributed by atoms with Gasteiger partial charge in [0.25, 0.3) is 11.8 Å². The van der Waals surface area contributed by atoms with E-state index in [1.165, 1.54) is 31.5 Å². The van der Waals surface area contributed by atoms with Gasteiger partial charge in [-0.1, -0.05) is 31.4 Å². The fraction of sp³-hybridized carbons (Fsp3) is 0.333. The van der Waals surface area contributed by atoms with Crippen molar-refractivity contribution in [1.29, 1.82) is 0 Å². The van der Waals surface area contributed by atoms with Crippen molar-refractivity contribution in [2.75, 3.05) is 5.32 Å². The molecule has 40 heavy (non-hydrogen) atoms. The molecule has 0 atom stereocenters. The van der Waals surface area contributed by atoms with Gasteiger partial charge in [0.05, 0.1) is 23.1 Å². The van der Waals surface area contributed by atoms with Crippen molar-refractivity contribution in [3.8, 4) is 5.82 Å². The summed E-state index contributed by atoms with van der Waals surface area (Å²) in [5, 5.41) is 11.7. The Balaban J connectivity index is 1.26. The summed E-state index contributed by atoms with van der Waals surface area (Å²) in [5.41, 5.74) is 7.07. The van der Waals surface area contributed by atoms with Crippen LogP contribution >= 0.6 is 0 Å². The van der Waals surface area contributed by atoms with Crippen LogP contribution in [0.1, 0.15) is 83.8 Å². The molecule has 0 unspecified atom stereocenters. The van der Waals surface area contributed by atoms with Gasteiger partial charge in [0.15, 0.2) is 5.82 Å². The molecule has 10 nitrogen and oxygen atoms in total. The first kappa shape index (κ1) is 25.7. The summed E-state index contributed by atoms with van der Waals surface area (Å²) in [4.78, 5) is 46.4. The van der Waals surface area contributed by atoms with Gasteiger partial charge < -0.3 is 16.4 Å². The molecule has 2 aliphatic rings. The third kappa shape index (κ3) is 4.81. The van der Waals surface area contributed by atoms with Crippen molar-refractivity contribution in [3.05, 3.63) is 77.9 Å². The fourth-order valence-corrected chi connectivity index (χ4v) is 5.76. The average molecular weight is 538 g/mol. The number of pyridine rings is 2. The molecule has 0 aliphatic heterocycles. The van der Waals surface area contributed by atoms with Crippen LogP contribution in [0.15, 0.2) is 60.9 Å². The Morgan fingerprint density at radius 1 is 0.950 bits per heavy atom. The molecule has 2 aliphatic carbocycles. The number of nitrogens with one attached hydrogen (secondary N) is 2. The van der Waals surface area contributed by atoms with Crippen LogP contribution in [-0.4, -0.2) is 43.0 Å². The number of hydrogen-bond acceptors (Lipinski definition) is 6. The number of primary amides is 1. The molecule has 4 aromatic rings. The number of hydrogen-bond donors (Lipinski definition) is 3. The van der Waals surface area contributed by atoms with Crippen molar-refractivity contribution in [1.82, 2.24) is 25.1 Å². The highest BCUT2D eigenvalue weighted by Crippen LogP contribution is 2.38. The lowest BCUT2D eigenvalue weighted by Crippen LogP contribution is -2.61. The van der Waals surface area contributed by atoms with E-state index in [0.717, 1.165) is 41.7 Å². The molecule has 3 amide bonds. The monoisotopic (exact) mass is 537 g/mol. The lowest BCUT2D eigenvalue weighted by molar-refractivity contribution is -0.125. The number of carbonyl (C=O) groups excluding carboxylic acids is 3. The lowest BCUT2D eigenvalue weighted by Gasteiger charge is -2.40. The topological polar surface area (TPSA) is 145 Å². The van der Waals surface area contributed by atoms with Gasteiger partial charge in [-0.2, -0.15) is 5.10 Å². The summed E-state index contributed by atoms with van der Waals surface area (Å²) in [5.74, 6) is -0.151. The molecule has 10 heteroatoms. The van der Waals surface area contributed by atoms with Gasteiger partial charge in [-0.05, 0) is 68.5 Å². The summed E-state index contributed by atoms with van der Waals surface area (Å²) < 4.78 is 1.93. The molecule has 0 radical (unpaired) electrons. The van der Waals surface area contributed by atoms with Gasteiger partial charge in [0, 0.05) is 23.1 Å². The number of aromatic nitrogens is 4. The van der Waals surface area contributed by atoms with Gasteiger partial charge >= 0.3 is 0 Å². The molecular formula is C30H31N7O3. The number of anilines is 1. The highest BCUT2D eigenvalue weighted by molar-refractivity contribution is 6.05. The maximum Gasteiger partial charge on any atom is 0.267 e. The smallest absolute Gasteiger partial charge is 0.267 e. The standard InChI is InChI=1S/C30H31N7O3/c31-27(38)23-13-11-21(18-33-23)34-29(40)30(14-6-15-30)35-28(39)20-10-12-22-24(17-20)36-37(25-9-4-5-16-32-25)26(22)19-7-2-1-3-8-19/h4-5,9-13,16-19H,1-3,6-8,14-15H2,(H2,31,38)(H,34,40)(H,35,39). The second kappa shape index (κ2) is 10.5. The van der Waals surface area contributed by atoms with Gasteiger partial charge in [-0.25, -0.2) is 14.6 Å². The van der Waals surface area contributed by atoms with E-state index in [4.69, 9.17) is 10.8 Å². The second-order valence-electron chi connectivity index (χ2n) is 10.7. The Bertz CT molecular complexity index is 1570. The lowest BCUT2D eigenvalue weighted by atomic mass is 9.75. The van der Waals surface area contributed by atoms with E-state index in [1.54, 1.807) is 18.3 Å². The third-order valence-corrected chi connectivity index (χ3v) is 8.10. The second-order valence-corrected chi connectivity index (χ2v) is 10.7. The Morgan fingerprint density at radius 2 is 1.77 bits per heavy atom. The molecule has 2 saturated carbocycles. The Kier molecular flexibility index (Phi) is 6.75. The van der Waals surface area contributed by atoms with Crippen LogP contribution in [0.3, 0.4) is 0 Å². The Hall–Kier alpha value is -4.60. The minimum atomic E-state index is -1.02. The molecule has 0 bridgehead atoms. The first-order valence-electron chi connectivity index (χ1n) is 13.8. The van der Waals surface area contributed by atoms with E-state index < -0.39 is 11.4 Å². The highest BCUT2D eigenvalue weighted by atomic mass is 16.2. The summed E-state index contributed by atoms with van der Waals surface area (Å²) in [6.07, 6.45) is 10.9. The number of amides is 3. The predicted molar refractivity (Wildman–Crippen MR) is 150 cm³/mol. The number of carbonyl (C=O) groups is 3. The molecule has 3 aromatic heterocycles. The first-order chi connectivity index (χ1) is 19.4. The molecule has 3 heterocycles. The zero-order valence-corrected chi connectivity index (χ0v) is 22.1. The Labute approximate surface area is 231 Å². The SMILES string of the molecule is NC(=O)c1ccc(NC(=O)C2(NC(=O)c3ccc4c(C5CCCCC5)n(-c5ccccn5)nc4c3)CCC2)cn1. The average Bonchev–Trinajstić information content (AvgIpc) is 3.35. The summed E-state index contributed by atoms with van der Waals surface area (Å²) in [6.45, 7) is 0.